The molecule has 0 unspecified atom stereocenters. The van der Waals surface area contributed by atoms with Gasteiger partial charge in [0.05, 0.1) is 6.61 Å². The molecule has 298 valence electrons. The highest BCUT2D eigenvalue weighted by Gasteiger charge is 2.26. The van der Waals surface area contributed by atoms with Crippen LogP contribution in [0.25, 0.3) is 0 Å². The fourth-order valence-corrected chi connectivity index (χ4v) is 7.29. The molecule has 0 spiro atoms. The molecule has 0 aliphatic heterocycles. The maximum atomic E-state index is 12.1. The van der Waals surface area contributed by atoms with Crippen LogP contribution in [0.4, 0.5) is 0 Å². The van der Waals surface area contributed by atoms with Crippen molar-refractivity contribution < 1.29 is 19.7 Å². The van der Waals surface area contributed by atoms with Crippen LogP contribution in [0.1, 0.15) is 181 Å². The molecule has 0 aromatic heterocycles. The molecule has 0 radical (unpaired) electrons. The number of ether oxygens (including phenoxy) is 1. The lowest BCUT2D eigenvalue weighted by molar-refractivity contribution is -0.142. The average Bonchev–Trinajstić information content (AvgIpc) is 3.05. The van der Waals surface area contributed by atoms with E-state index in [0.717, 1.165) is 22.3 Å². The molecule has 1 aliphatic carbocycles. The van der Waals surface area contributed by atoms with Gasteiger partial charge in [-0.25, -0.2) is 0 Å². The number of phenols is 2. The van der Waals surface area contributed by atoms with Gasteiger partial charge in [0.2, 0.25) is 0 Å². The van der Waals surface area contributed by atoms with E-state index in [9.17, 15) is 15.0 Å². The lowest BCUT2D eigenvalue weighted by Gasteiger charge is -2.27. The third-order valence-corrected chi connectivity index (χ3v) is 11.4. The maximum Gasteiger partial charge on any atom is 0.305 e. The molecule has 0 amide bonds. The molecule has 0 fully saturated rings. The molecule has 1 aliphatic rings. The van der Waals surface area contributed by atoms with Crippen molar-refractivity contribution in [3.63, 3.8) is 0 Å². The molecule has 4 aromatic rings. The second-order valence-electron chi connectivity index (χ2n) is 20.0. The number of fused-ring (bicyclic) bond motifs is 8. The number of hydrogen-bond donors (Lipinski definition) is 2. The minimum absolute atomic E-state index is 0.0516. The number of phenolic OH excluding ortho intramolecular Hbond substituents is 2. The lowest BCUT2D eigenvalue weighted by atomic mass is 9.78. The summed E-state index contributed by atoms with van der Waals surface area (Å²) in [6, 6.07) is 18.4. The van der Waals surface area contributed by atoms with Gasteiger partial charge in [-0.1, -0.05) is 139 Å². The Bertz CT molecular complexity index is 1660. The van der Waals surface area contributed by atoms with Crippen LogP contribution in [0, 0.1) is 13.8 Å². The monoisotopic (exact) mass is 747 g/mol. The zero-order chi connectivity index (χ0) is 41.4. The first-order chi connectivity index (χ1) is 25.2. The zero-order valence-corrected chi connectivity index (χ0v) is 37.1. The Labute approximate surface area is 333 Å². The Morgan fingerprint density at radius 2 is 0.691 bits per heavy atom. The van der Waals surface area contributed by atoms with Crippen LogP contribution in [-0.4, -0.2) is 22.8 Å². The van der Waals surface area contributed by atoms with E-state index in [1.54, 1.807) is 13.8 Å². The highest BCUT2D eigenvalue weighted by atomic mass is 16.5. The Morgan fingerprint density at radius 3 is 0.855 bits per heavy atom. The van der Waals surface area contributed by atoms with Crippen LogP contribution in [0.3, 0.4) is 0 Å². The predicted molar refractivity (Wildman–Crippen MR) is 232 cm³/mol. The van der Waals surface area contributed by atoms with E-state index in [0.29, 0.717) is 50.2 Å². The summed E-state index contributed by atoms with van der Waals surface area (Å²) in [6.07, 6.45) is 3.08. The molecular weight excluding hydrogens is 677 g/mol. The molecular formula is C51H70O4. The van der Waals surface area contributed by atoms with Crippen LogP contribution in [0.15, 0.2) is 48.5 Å². The number of aromatic hydroxyl groups is 2. The molecule has 2 N–H and O–H groups in total. The van der Waals surface area contributed by atoms with Gasteiger partial charge >= 0.3 is 5.97 Å². The quantitative estimate of drug-likeness (QED) is 0.177. The first kappa shape index (κ1) is 43.7. The smallest absolute Gasteiger partial charge is 0.305 e. The summed E-state index contributed by atoms with van der Waals surface area (Å²) in [4.78, 5) is 10.2. The van der Waals surface area contributed by atoms with Gasteiger partial charge < -0.3 is 14.9 Å². The predicted octanol–water partition coefficient (Wildman–Crippen LogP) is 12.5. The summed E-state index contributed by atoms with van der Waals surface area (Å²) in [5.74, 6) is 0.705. The van der Waals surface area contributed by atoms with Crippen molar-refractivity contribution in [2.75, 3.05) is 6.61 Å². The van der Waals surface area contributed by atoms with E-state index in [2.05, 4.69) is 150 Å². The van der Waals surface area contributed by atoms with E-state index in [1.165, 1.54) is 55.6 Å². The molecule has 0 heterocycles. The van der Waals surface area contributed by atoms with E-state index < -0.39 is 0 Å². The van der Waals surface area contributed by atoms with Gasteiger partial charge in [0.1, 0.15) is 11.5 Å². The third-order valence-electron chi connectivity index (χ3n) is 11.4. The first-order valence-corrected chi connectivity index (χ1v) is 20.4. The normalized spacial score (nSPS) is 13.5. The van der Waals surface area contributed by atoms with Crippen LogP contribution >= 0.6 is 0 Å². The Hall–Kier alpha value is -4.05. The minimum atomic E-state index is -0.123. The van der Waals surface area contributed by atoms with Crippen molar-refractivity contribution in [1.82, 2.24) is 0 Å². The average molecular weight is 747 g/mol. The van der Waals surface area contributed by atoms with Crippen molar-refractivity contribution in [3.8, 4) is 11.5 Å². The van der Waals surface area contributed by atoms with Crippen LogP contribution in [0.2, 0.25) is 0 Å². The summed E-state index contributed by atoms with van der Waals surface area (Å²) in [5, 5.41) is 24.1. The van der Waals surface area contributed by atoms with Crippen LogP contribution in [0.5, 0.6) is 11.5 Å². The van der Waals surface area contributed by atoms with E-state index in [4.69, 9.17) is 0 Å². The SMILES string of the molecule is CCOC(=O)CC.Cc1c2cc(C(C)(C)C)cc1Cc1cc(C(C)(C)C)cc(c1O)Cc1cc(C(C)(C)C)cc(c1C)Cc1cc(C(C)(C)C)cc(c1O)C2. The van der Waals surface area contributed by atoms with Crippen LogP contribution in [-0.2, 0) is 56.9 Å². The molecule has 0 saturated carbocycles. The topological polar surface area (TPSA) is 66.8 Å². The number of rotatable bonds is 2. The maximum absolute atomic E-state index is 12.1. The summed E-state index contributed by atoms with van der Waals surface area (Å²) >= 11 is 0. The molecule has 4 heteroatoms. The molecule has 4 aromatic carbocycles. The number of carbonyl (C=O) groups is 1. The van der Waals surface area contributed by atoms with Gasteiger partial charge in [-0.3, -0.25) is 4.79 Å². The summed E-state index contributed by atoms with van der Waals surface area (Å²) < 4.78 is 4.55. The summed E-state index contributed by atoms with van der Waals surface area (Å²) in [5.41, 5.74) is 16.1. The number of carbonyl (C=O) groups excluding carboxylic acids is 1. The van der Waals surface area contributed by atoms with Crippen LogP contribution < -0.4 is 0 Å². The van der Waals surface area contributed by atoms with E-state index in [-0.39, 0.29) is 27.6 Å². The van der Waals surface area contributed by atoms with Crippen molar-refractivity contribution in [1.29, 1.82) is 0 Å². The van der Waals surface area contributed by atoms with Gasteiger partial charge in [0, 0.05) is 32.1 Å². The molecule has 0 atom stereocenters. The Kier molecular flexibility index (Phi) is 12.9. The number of hydrogen-bond acceptors (Lipinski definition) is 4. The van der Waals surface area contributed by atoms with Gasteiger partial charge in [-0.05, 0) is 120 Å². The summed E-state index contributed by atoms with van der Waals surface area (Å²) in [6.45, 7) is 35.7. The van der Waals surface area contributed by atoms with E-state index in [1.807, 2.05) is 0 Å². The number of esters is 1. The van der Waals surface area contributed by atoms with Crippen molar-refractivity contribution >= 4 is 5.97 Å². The summed E-state index contributed by atoms with van der Waals surface area (Å²) in [7, 11) is 0. The lowest BCUT2D eigenvalue weighted by Crippen LogP contribution is -2.16. The second-order valence-corrected chi connectivity index (χ2v) is 20.0. The van der Waals surface area contributed by atoms with Gasteiger partial charge in [0.15, 0.2) is 0 Å². The van der Waals surface area contributed by atoms with Crippen molar-refractivity contribution in [3.05, 3.63) is 126 Å². The van der Waals surface area contributed by atoms with Crippen molar-refractivity contribution in [2.24, 2.45) is 0 Å². The highest BCUT2D eigenvalue weighted by molar-refractivity contribution is 5.68. The zero-order valence-electron chi connectivity index (χ0n) is 37.1. The number of benzene rings is 4. The fourth-order valence-electron chi connectivity index (χ4n) is 7.29. The Morgan fingerprint density at radius 1 is 0.473 bits per heavy atom. The van der Waals surface area contributed by atoms with Gasteiger partial charge in [0.25, 0.3) is 0 Å². The highest BCUT2D eigenvalue weighted by Crippen LogP contribution is 2.40. The third kappa shape index (κ3) is 10.4. The first-order valence-electron chi connectivity index (χ1n) is 20.4. The molecule has 5 rings (SSSR count). The van der Waals surface area contributed by atoms with Gasteiger partial charge in [-0.15, -0.1) is 0 Å². The molecule has 55 heavy (non-hydrogen) atoms. The van der Waals surface area contributed by atoms with Gasteiger partial charge in [-0.2, -0.15) is 0 Å². The molecule has 0 saturated heterocycles. The largest absolute Gasteiger partial charge is 0.507 e. The Balaban J connectivity index is 0.000000876. The standard InChI is InChI=1S/C46H60O2.C5H10O2/c1-27-29-15-33-23-39(45(9,10)11)25-35(41(33)47)17-31-21-38(44(6,7)8)22-32(28(31)2)18-36-26-40(46(12,13)14)24-34(42(36)48)16-30(27)20-37(19-29)43(3,4)5;1-3-5(6)7-4-2/h19-26,47-48H,15-18H2,1-14H3;3-4H2,1-2H3. The van der Waals surface area contributed by atoms with E-state index >= 15 is 0 Å². The minimum Gasteiger partial charge on any atom is -0.507 e. The second kappa shape index (κ2) is 16.2. The molecule has 4 nitrogen and oxygen atoms in total. The van der Waals surface area contributed by atoms with Crippen molar-refractivity contribution in [2.45, 2.75) is 165 Å². The molecule has 8 bridgehead atoms. The fraction of sp³-hybridized carbons (Fsp3) is 0.510.